The highest BCUT2D eigenvalue weighted by Gasteiger charge is 2.28. The highest BCUT2D eigenvalue weighted by atomic mass is 32.2. The SMILES string of the molecule is CCc1ccc(C(=O)O)cc1S(=O)(=O)CCCC(F)(F)F. The van der Waals surface area contributed by atoms with Crippen molar-refractivity contribution >= 4 is 15.8 Å². The van der Waals surface area contributed by atoms with Gasteiger partial charge in [-0.2, -0.15) is 13.2 Å². The lowest BCUT2D eigenvalue weighted by Crippen LogP contribution is -2.14. The van der Waals surface area contributed by atoms with Gasteiger partial charge in [-0.1, -0.05) is 13.0 Å². The molecule has 0 atom stereocenters. The maximum Gasteiger partial charge on any atom is 0.389 e. The van der Waals surface area contributed by atoms with Gasteiger partial charge in [0.05, 0.1) is 16.2 Å². The Morgan fingerprint density at radius 2 is 1.90 bits per heavy atom. The van der Waals surface area contributed by atoms with Crippen LogP contribution in [0, 0.1) is 0 Å². The lowest BCUT2D eigenvalue weighted by Gasteiger charge is -2.11. The first-order valence-corrected chi connectivity index (χ1v) is 7.88. The van der Waals surface area contributed by atoms with Crippen LogP contribution in [0.5, 0.6) is 0 Å². The van der Waals surface area contributed by atoms with Crippen LogP contribution in [0.4, 0.5) is 13.2 Å². The molecule has 0 unspecified atom stereocenters. The maximum absolute atomic E-state index is 12.1. The zero-order valence-corrected chi connectivity index (χ0v) is 12.1. The number of rotatable bonds is 6. The summed E-state index contributed by atoms with van der Waals surface area (Å²) in [5.74, 6) is -1.95. The van der Waals surface area contributed by atoms with Gasteiger partial charge in [-0.15, -0.1) is 0 Å². The van der Waals surface area contributed by atoms with Gasteiger partial charge in [-0.3, -0.25) is 0 Å². The van der Waals surface area contributed by atoms with Gasteiger partial charge in [-0.25, -0.2) is 13.2 Å². The second-order valence-electron chi connectivity index (χ2n) is 4.52. The van der Waals surface area contributed by atoms with Crippen LogP contribution in [-0.2, 0) is 16.3 Å². The summed E-state index contributed by atoms with van der Waals surface area (Å²) in [5, 5.41) is 8.88. The average molecular weight is 324 g/mol. The van der Waals surface area contributed by atoms with E-state index in [2.05, 4.69) is 0 Å². The molecule has 1 rings (SSSR count). The molecule has 1 N–H and O–H groups in total. The third-order valence-corrected chi connectivity index (χ3v) is 4.78. The van der Waals surface area contributed by atoms with Gasteiger partial charge in [0.15, 0.2) is 9.84 Å². The zero-order chi connectivity index (χ0) is 16.3. The van der Waals surface area contributed by atoms with Crippen molar-refractivity contribution in [3.8, 4) is 0 Å². The Morgan fingerprint density at radius 3 is 2.38 bits per heavy atom. The first-order valence-electron chi connectivity index (χ1n) is 6.22. The van der Waals surface area contributed by atoms with E-state index in [-0.39, 0.29) is 10.5 Å². The number of carboxylic acid groups (broad SMARTS) is 1. The largest absolute Gasteiger partial charge is 0.478 e. The van der Waals surface area contributed by atoms with E-state index in [1.807, 2.05) is 0 Å². The fraction of sp³-hybridized carbons (Fsp3) is 0.462. The molecule has 8 heteroatoms. The Labute approximate surface area is 120 Å². The first-order chi connectivity index (χ1) is 9.57. The molecule has 0 amide bonds. The first kappa shape index (κ1) is 17.5. The minimum absolute atomic E-state index is 0.202. The molecule has 0 aromatic heterocycles. The van der Waals surface area contributed by atoms with Crippen LogP contribution >= 0.6 is 0 Å². The predicted molar refractivity (Wildman–Crippen MR) is 70.1 cm³/mol. The van der Waals surface area contributed by atoms with Crippen LogP contribution in [0.3, 0.4) is 0 Å². The molecule has 0 aliphatic heterocycles. The fourth-order valence-electron chi connectivity index (χ4n) is 1.84. The highest BCUT2D eigenvalue weighted by molar-refractivity contribution is 7.91. The van der Waals surface area contributed by atoms with Crippen molar-refractivity contribution in [2.75, 3.05) is 5.75 Å². The van der Waals surface area contributed by atoms with Crippen molar-refractivity contribution in [3.63, 3.8) is 0 Å². The molecule has 1 aromatic rings. The number of carboxylic acids is 1. The second-order valence-corrected chi connectivity index (χ2v) is 6.60. The molecule has 21 heavy (non-hydrogen) atoms. The number of aryl methyl sites for hydroxylation is 1. The van der Waals surface area contributed by atoms with Crippen molar-refractivity contribution < 1.29 is 31.5 Å². The summed E-state index contributed by atoms with van der Waals surface area (Å²) in [6, 6.07) is 3.65. The quantitative estimate of drug-likeness (QED) is 0.873. The van der Waals surface area contributed by atoms with Crippen molar-refractivity contribution in [3.05, 3.63) is 29.3 Å². The van der Waals surface area contributed by atoms with Gasteiger partial charge in [0, 0.05) is 6.42 Å². The Morgan fingerprint density at radius 1 is 1.29 bits per heavy atom. The third-order valence-electron chi connectivity index (χ3n) is 2.90. The molecule has 118 valence electrons. The van der Waals surface area contributed by atoms with E-state index in [1.165, 1.54) is 12.1 Å². The van der Waals surface area contributed by atoms with E-state index < -0.39 is 40.6 Å². The minimum Gasteiger partial charge on any atom is -0.478 e. The summed E-state index contributed by atoms with van der Waals surface area (Å²) in [6.07, 6.45) is -5.81. The minimum atomic E-state index is -4.41. The smallest absolute Gasteiger partial charge is 0.389 e. The number of sulfone groups is 1. The average Bonchev–Trinajstić information content (AvgIpc) is 2.36. The lowest BCUT2D eigenvalue weighted by molar-refractivity contribution is -0.134. The van der Waals surface area contributed by atoms with E-state index in [1.54, 1.807) is 6.92 Å². The Bertz CT molecular complexity index is 621. The lowest BCUT2D eigenvalue weighted by atomic mass is 10.1. The van der Waals surface area contributed by atoms with Crippen LogP contribution in [0.25, 0.3) is 0 Å². The molecule has 0 fully saturated rings. The topological polar surface area (TPSA) is 71.4 Å². The van der Waals surface area contributed by atoms with Crippen LogP contribution in [0.1, 0.15) is 35.7 Å². The molecular formula is C13H15F3O4S. The number of hydrogen-bond donors (Lipinski definition) is 1. The molecule has 0 heterocycles. The molecular weight excluding hydrogens is 309 g/mol. The molecule has 0 aliphatic carbocycles. The number of benzene rings is 1. The van der Waals surface area contributed by atoms with Gasteiger partial charge in [0.25, 0.3) is 0 Å². The molecule has 4 nitrogen and oxygen atoms in total. The molecule has 0 aliphatic rings. The third kappa shape index (κ3) is 5.04. The van der Waals surface area contributed by atoms with Gasteiger partial charge in [-0.05, 0) is 30.5 Å². The number of alkyl halides is 3. The van der Waals surface area contributed by atoms with Crippen LogP contribution in [-0.4, -0.2) is 31.4 Å². The van der Waals surface area contributed by atoms with Gasteiger partial charge in [0.2, 0.25) is 0 Å². The normalized spacial score (nSPS) is 12.4. The van der Waals surface area contributed by atoms with E-state index in [4.69, 9.17) is 5.11 Å². The summed E-state index contributed by atoms with van der Waals surface area (Å²) in [7, 11) is -3.94. The molecule has 0 spiro atoms. The number of halogens is 3. The Hall–Kier alpha value is -1.57. The van der Waals surface area contributed by atoms with Gasteiger partial charge >= 0.3 is 12.1 Å². The van der Waals surface area contributed by atoms with Gasteiger partial charge in [0.1, 0.15) is 0 Å². The van der Waals surface area contributed by atoms with Crippen molar-refractivity contribution in [2.24, 2.45) is 0 Å². The van der Waals surface area contributed by atoms with Crippen LogP contribution in [0.2, 0.25) is 0 Å². The monoisotopic (exact) mass is 324 g/mol. The zero-order valence-electron chi connectivity index (χ0n) is 11.3. The van der Waals surface area contributed by atoms with Crippen molar-refractivity contribution in [1.29, 1.82) is 0 Å². The summed E-state index contributed by atoms with van der Waals surface area (Å²) in [6.45, 7) is 1.69. The highest BCUT2D eigenvalue weighted by Crippen LogP contribution is 2.25. The summed E-state index contributed by atoms with van der Waals surface area (Å²) in [5.41, 5.74) is 0.189. The van der Waals surface area contributed by atoms with Gasteiger partial charge < -0.3 is 5.11 Å². The number of carbonyl (C=O) groups is 1. The summed E-state index contributed by atoms with van der Waals surface area (Å²) < 4.78 is 60.5. The molecule has 0 bridgehead atoms. The Kier molecular flexibility index (Phi) is 5.38. The predicted octanol–water partition coefficient (Wildman–Crippen LogP) is 3.06. The molecule has 0 saturated heterocycles. The van der Waals surface area contributed by atoms with Crippen LogP contribution < -0.4 is 0 Å². The molecule has 0 radical (unpaired) electrons. The number of aromatic carboxylic acids is 1. The molecule has 1 aromatic carbocycles. The second kappa shape index (κ2) is 6.46. The number of hydrogen-bond acceptors (Lipinski definition) is 3. The fourth-order valence-corrected chi connectivity index (χ4v) is 3.50. The molecule has 0 saturated carbocycles. The van der Waals surface area contributed by atoms with Crippen molar-refractivity contribution in [1.82, 2.24) is 0 Å². The summed E-state index contributed by atoms with van der Waals surface area (Å²) >= 11 is 0. The maximum atomic E-state index is 12.1. The standard InChI is InChI=1S/C13H15F3O4S/c1-2-9-4-5-10(12(17)18)8-11(9)21(19,20)7-3-6-13(14,15)16/h4-5,8H,2-3,6-7H2,1H3,(H,17,18). The van der Waals surface area contributed by atoms with Crippen LogP contribution in [0.15, 0.2) is 23.1 Å². The van der Waals surface area contributed by atoms with E-state index >= 15 is 0 Å². The van der Waals surface area contributed by atoms with E-state index in [0.717, 1.165) is 6.07 Å². The van der Waals surface area contributed by atoms with E-state index in [9.17, 15) is 26.4 Å². The summed E-state index contributed by atoms with van der Waals surface area (Å²) in [4.78, 5) is 10.7. The Balaban J connectivity index is 3.06. The van der Waals surface area contributed by atoms with Crippen molar-refractivity contribution in [2.45, 2.75) is 37.3 Å². The van der Waals surface area contributed by atoms with E-state index in [0.29, 0.717) is 12.0 Å².